The molecule has 0 unspecified atom stereocenters. The Balaban J connectivity index is 1.81. The molecule has 6 nitrogen and oxygen atoms in total. The fourth-order valence-electron chi connectivity index (χ4n) is 1.75. The zero-order chi connectivity index (χ0) is 12.5. The van der Waals surface area contributed by atoms with Crippen LogP contribution < -0.4 is 4.74 Å². The number of imidazole rings is 1. The molecular formula is C12H12N4O2. The minimum atomic E-state index is 0.168. The van der Waals surface area contributed by atoms with Crippen molar-refractivity contribution >= 4 is 5.65 Å². The van der Waals surface area contributed by atoms with Gasteiger partial charge in [0, 0.05) is 12.4 Å². The molecule has 0 atom stereocenters. The van der Waals surface area contributed by atoms with Crippen LogP contribution in [0.3, 0.4) is 0 Å². The van der Waals surface area contributed by atoms with Crippen LogP contribution in [0.4, 0.5) is 0 Å². The number of fused-ring (bicyclic) bond motifs is 1. The van der Waals surface area contributed by atoms with Crippen molar-refractivity contribution in [3.05, 3.63) is 41.6 Å². The summed E-state index contributed by atoms with van der Waals surface area (Å²) in [5.74, 6) is 0.552. The minimum Gasteiger partial charge on any atom is -0.442 e. The largest absolute Gasteiger partial charge is 0.442 e. The summed E-state index contributed by atoms with van der Waals surface area (Å²) in [6.45, 7) is 4.07. The van der Waals surface area contributed by atoms with Gasteiger partial charge in [0.2, 0.25) is 0 Å². The molecule has 0 spiro atoms. The van der Waals surface area contributed by atoms with Gasteiger partial charge in [-0.2, -0.15) is 4.98 Å². The third-order valence-electron chi connectivity index (χ3n) is 2.58. The summed E-state index contributed by atoms with van der Waals surface area (Å²) >= 11 is 0. The van der Waals surface area contributed by atoms with E-state index in [-0.39, 0.29) is 6.08 Å². The minimum absolute atomic E-state index is 0.168. The molecule has 0 N–H and O–H groups in total. The first-order chi connectivity index (χ1) is 8.72. The van der Waals surface area contributed by atoms with Crippen LogP contribution in [0, 0.1) is 13.8 Å². The smallest absolute Gasteiger partial charge is 0.417 e. The van der Waals surface area contributed by atoms with Crippen molar-refractivity contribution in [2.75, 3.05) is 0 Å². The van der Waals surface area contributed by atoms with Crippen molar-refractivity contribution in [2.45, 2.75) is 20.5 Å². The number of aromatic nitrogens is 4. The summed E-state index contributed by atoms with van der Waals surface area (Å²) in [4.78, 5) is 8.44. The molecule has 0 fully saturated rings. The third-order valence-corrected chi connectivity index (χ3v) is 2.58. The molecule has 3 rings (SSSR count). The first-order valence-corrected chi connectivity index (χ1v) is 5.59. The number of ether oxygens (including phenoxy) is 1. The molecule has 0 aromatic carbocycles. The van der Waals surface area contributed by atoms with Crippen molar-refractivity contribution in [1.82, 2.24) is 19.5 Å². The molecule has 6 heteroatoms. The Hall–Kier alpha value is -2.37. The van der Waals surface area contributed by atoms with Gasteiger partial charge in [-0.05, 0) is 25.5 Å². The topological polar surface area (TPSA) is 65.5 Å². The van der Waals surface area contributed by atoms with Gasteiger partial charge in [0.25, 0.3) is 0 Å². The Bertz CT molecular complexity index is 686. The lowest BCUT2D eigenvalue weighted by atomic mass is 10.3. The van der Waals surface area contributed by atoms with E-state index in [0.717, 1.165) is 16.9 Å². The van der Waals surface area contributed by atoms with E-state index in [1.54, 1.807) is 6.92 Å². The molecule has 0 saturated heterocycles. The molecule has 3 heterocycles. The number of nitrogens with zero attached hydrogens (tertiary/aromatic N) is 4. The highest BCUT2D eigenvalue weighted by atomic mass is 16.6. The maximum atomic E-state index is 5.37. The van der Waals surface area contributed by atoms with E-state index in [1.165, 1.54) is 0 Å². The number of pyridine rings is 1. The van der Waals surface area contributed by atoms with Crippen LogP contribution in [0.1, 0.15) is 17.1 Å². The Morgan fingerprint density at radius 3 is 2.94 bits per heavy atom. The van der Waals surface area contributed by atoms with Crippen molar-refractivity contribution in [1.29, 1.82) is 0 Å². The van der Waals surface area contributed by atoms with Crippen molar-refractivity contribution in [2.24, 2.45) is 0 Å². The Morgan fingerprint density at radius 2 is 2.22 bits per heavy atom. The number of aryl methyl sites for hydroxylation is 2. The average molecular weight is 244 g/mol. The normalized spacial score (nSPS) is 11.0. The number of rotatable bonds is 3. The molecule has 0 aliphatic heterocycles. The summed E-state index contributed by atoms with van der Waals surface area (Å²) < 4.78 is 12.2. The van der Waals surface area contributed by atoms with Crippen molar-refractivity contribution in [3.63, 3.8) is 0 Å². The van der Waals surface area contributed by atoms with Crippen LogP contribution in [-0.4, -0.2) is 19.5 Å². The highest BCUT2D eigenvalue weighted by Crippen LogP contribution is 2.12. The zero-order valence-electron chi connectivity index (χ0n) is 10.1. The van der Waals surface area contributed by atoms with Gasteiger partial charge in [-0.1, -0.05) is 11.2 Å². The van der Waals surface area contributed by atoms with Crippen LogP contribution >= 0.6 is 0 Å². The lowest BCUT2D eigenvalue weighted by Crippen LogP contribution is -1.95. The van der Waals surface area contributed by atoms with E-state index in [1.807, 2.05) is 35.9 Å². The Morgan fingerprint density at radius 1 is 1.33 bits per heavy atom. The lowest BCUT2D eigenvalue weighted by molar-refractivity contribution is 0.193. The van der Waals surface area contributed by atoms with Gasteiger partial charge in [0.15, 0.2) is 5.82 Å². The molecule has 92 valence electrons. The van der Waals surface area contributed by atoms with Gasteiger partial charge in [-0.3, -0.25) is 4.52 Å². The van der Waals surface area contributed by atoms with Crippen LogP contribution in [-0.2, 0) is 6.61 Å². The first kappa shape index (κ1) is 10.8. The van der Waals surface area contributed by atoms with Gasteiger partial charge in [0.1, 0.15) is 12.3 Å². The first-order valence-electron chi connectivity index (χ1n) is 5.59. The SMILES string of the molecule is Cc1noc(OCc2cn3cccc(C)c3n2)n1. The molecule has 0 amide bonds. The quantitative estimate of drug-likeness (QED) is 0.704. The maximum absolute atomic E-state index is 5.37. The summed E-state index contributed by atoms with van der Waals surface area (Å²) in [5.41, 5.74) is 2.87. The summed E-state index contributed by atoms with van der Waals surface area (Å²) in [6, 6.07) is 4.00. The van der Waals surface area contributed by atoms with E-state index in [4.69, 9.17) is 9.26 Å². The van der Waals surface area contributed by atoms with E-state index in [0.29, 0.717) is 12.4 Å². The lowest BCUT2D eigenvalue weighted by Gasteiger charge is -1.95. The fourth-order valence-corrected chi connectivity index (χ4v) is 1.75. The van der Waals surface area contributed by atoms with Gasteiger partial charge in [-0.15, -0.1) is 0 Å². The molecule has 0 radical (unpaired) electrons. The number of hydrogen-bond acceptors (Lipinski definition) is 5. The highest BCUT2D eigenvalue weighted by Gasteiger charge is 2.07. The molecule has 0 aliphatic rings. The summed E-state index contributed by atoms with van der Waals surface area (Å²) in [6.07, 6.45) is 4.04. The second-order valence-corrected chi connectivity index (χ2v) is 4.05. The predicted octanol–water partition coefficient (Wildman–Crippen LogP) is 1.91. The van der Waals surface area contributed by atoms with Crippen LogP contribution in [0.2, 0.25) is 0 Å². The maximum Gasteiger partial charge on any atom is 0.417 e. The van der Waals surface area contributed by atoms with Gasteiger partial charge < -0.3 is 9.14 Å². The summed E-state index contributed by atoms with van der Waals surface area (Å²) in [5, 5.41) is 3.65. The average Bonchev–Trinajstić information content (AvgIpc) is 2.93. The monoisotopic (exact) mass is 244 g/mol. The van der Waals surface area contributed by atoms with Crippen LogP contribution in [0.25, 0.3) is 5.65 Å². The Labute approximate surface area is 103 Å². The second-order valence-electron chi connectivity index (χ2n) is 4.05. The molecule has 3 aromatic heterocycles. The van der Waals surface area contributed by atoms with Crippen molar-refractivity contribution in [3.8, 4) is 6.08 Å². The zero-order valence-corrected chi connectivity index (χ0v) is 10.1. The van der Waals surface area contributed by atoms with Crippen LogP contribution in [0.15, 0.2) is 29.0 Å². The molecule has 0 bridgehead atoms. The van der Waals surface area contributed by atoms with Gasteiger partial charge in [0.05, 0.1) is 5.69 Å². The van der Waals surface area contributed by atoms with Crippen LogP contribution in [0.5, 0.6) is 6.08 Å². The van der Waals surface area contributed by atoms with E-state index in [9.17, 15) is 0 Å². The standard InChI is InChI=1S/C12H12N4O2/c1-8-4-3-5-16-6-10(14-11(8)16)7-17-12-13-9(2)15-18-12/h3-6H,7H2,1-2H3. The van der Waals surface area contributed by atoms with E-state index >= 15 is 0 Å². The molecule has 0 saturated carbocycles. The third kappa shape index (κ3) is 1.92. The molecule has 3 aromatic rings. The van der Waals surface area contributed by atoms with Gasteiger partial charge >= 0.3 is 6.08 Å². The molecular weight excluding hydrogens is 232 g/mol. The number of hydrogen-bond donors (Lipinski definition) is 0. The fraction of sp³-hybridized carbons (Fsp3) is 0.250. The predicted molar refractivity (Wildman–Crippen MR) is 63.3 cm³/mol. The molecule has 18 heavy (non-hydrogen) atoms. The highest BCUT2D eigenvalue weighted by molar-refractivity contribution is 5.47. The Kier molecular flexibility index (Phi) is 2.47. The van der Waals surface area contributed by atoms with Gasteiger partial charge in [-0.25, -0.2) is 4.98 Å². The molecule has 0 aliphatic carbocycles. The van der Waals surface area contributed by atoms with Crippen molar-refractivity contribution < 1.29 is 9.26 Å². The second kappa shape index (κ2) is 4.14. The van der Waals surface area contributed by atoms with E-state index < -0.39 is 0 Å². The van der Waals surface area contributed by atoms with E-state index in [2.05, 4.69) is 15.1 Å². The summed E-state index contributed by atoms with van der Waals surface area (Å²) in [7, 11) is 0.